The Balaban J connectivity index is 2.35. The number of aromatic nitrogens is 2. The Labute approximate surface area is 125 Å². The Kier molecular flexibility index (Phi) is 4.51. The Morgan fingerprint density at radius 2 is 2.14 bits per heavy atom. The molecule has 0 amide bonds. The zero-order valence-corrected chi connectivity index (χ0v) is 12.7. The van der Waals surface area contributed by atoms with Crippen LogP contribution in [0, 0.1) is 0 Å². The van der Waals surface area contributed by atoms with E-state index in [2.05, 4.69) is 10.1 Å². The predicted molar refractivity (Wildman–Crippen MR) is 68.2 cm³/mol. The third-order valence-electron chi connectivity index (χ3n) is 3.55. The lowest BCUT2D eigenvalue weighted by Crippen LogP contribution is -2.44. The highest BCUT2D eigenvalue weighted by molar-refractivity contribution is 7.89. The highest BCUT2D eigenvalue weighted by atomic mass is 32.2. The maximum Gasteiger partial charge on any atom is 0.406 e. The van der Waals surface area contributed by atoms with E-state index in [1.54, 1.807) is 6.92 Å². The molecule has 0 bridgehead atoms. The van der Waals surface area contributed by atoms with Gasteiger partial charge in [-0.25, -0.2) is 8.42 Å². The molecule has 22 heavy (non-hydrogen) atoms. The third-order valence-corrected chi connectivity index (χ3v) is 5.77. The zero-order chi connectivity index (χ0) is 16.7. The zero-order valence-electron chi connectivity index (χ0n) is 11.9. The standard InChI is InChI=1S/C11H16F3N3O4S/c1-3-9-15-10(21-16-9)8-4-7(18)5-17(8)22(19,20)6(2)11(12,13)14/h6-8,18H,3-5H2,1-2H3/t6-,7+,8-/m1/s1. The maximum absolute atomic E-state index is 12.8. The van der Waals surface area contributed by atoms with Crippen molar-refractivity contribution in [3.63, 3.8) is 0 Å². The van der Waals surface area contributed by atoms with Crippen molar-refractivity contribution >= 4 is 10.0 Å². The molecule has 126 valence electrons. The molecule has 2 heterocycles. The molecule has 1 aromatic rings. The smallest absolute Gasteiger partial charge is 0.392 e. The van der Waals surface area contributed by atoms with Crippen LogP contribution in [-0.2, 0) is 16.4 Å². The molecule has 1 aliphatic rings. The maximum atomic E-state index is 12.8. The number of rotatable bonds is 4. The van der Waals surface area contributed by atoms with Gasteiger partial charge in [-0.15, -0.1) is 0 Å². The summed E-state index contributed by atoms with van der Waals surface area (Å²) < 4.78 is 68.2. The Morgan fingerprint density at radius 3 is 2.64 bits per heavy atom. The number of aryl methyl sites for hydroxylation is 1. The summed E-state index contributed by atoms with van der Waals surface area (Å²) in [5.41, 5.74) is 0. The average Bonchev–Trinajstić information content (AvgIpc) is 3.02. The van der Waals surface area contributed by atoms with Crippen molar-refractivity contribution in [2.24, 2.45) is 0 Å². The summed E-state index contributed by atoms with van der Waals surface area (Å²) in [6, 6.07) is -1.09. The first-order chi connectivity index (χ1) is 10.1. The van der Waals surface area contributed by atoms with E-state index in [0.717, 1.165) is 0 Å². The van der Waals surface area contributed by atoms with E-state index in [1.807, 2.05) is 0 Å². The fraction of sp³-hybridized carbons (Fsp3) is 0.818. The van der Waals surface area contributed by atoms with E-state index in [0.29, 0.717) is 23.5 Å². The van der Waals surface area contributed by atoms with Crippen LogP contribution < -0.4 is 0 Å². The van der Waals surface area contributed by atoms with E-state index in [9.17, 15) is 26.7 Å². The first-order valence-corrected chi connectivity index (χ1v) is 8.15. The lowest BCUT2D eigenvalue weighted by Gasteiger charge is -2.26. The fourth-order valence-corrected chi connectivity index (χ4v) is 3.86. The number of halogens is 3. The lowest BCUT2D eigenvalue weighted by molar-refractivity contribution is -0.127. The predicted octanol–water partition coefficient (Wildman–Crippen LogP) is 1.02. The van der Waals surface area contributed by atoms with Crippen LogP contribution in [0.4, 0.5) is 13.2 Å². The van der Waals surface area contributed by atoms with Crippen LogP contribution in [-0.4, -0.2) is 52.0 Å². The van der Waals surface area contributed by atoms with Gasteiger partial charge in [-0.3, -0.25) is 0 Å². The summed E-state index contributed by atoms with van der Waals surface area (Å²) in [6.07, 6.45) is -5.64. The minimum atomic E-state index is -4.90. The van der Waals surface area contributed by atoms with Gasteiger partial charge in [0.2, 0.25) is 15.9 Å². The minimum absolute atomic E-state index is 0.0881. The molecule has 11 heteroatoms. The molecule has 1 N–H and O–H groups in total. The summed E-state index contributed by atoms with van der Waals surface area (Å²) in [7, 11) is -4.70. The normalized spacial score (nSPS) is 25.5. The molecule has 1 fully saturated rings. The number of alkyl halides is 3. The van der Waals surface area contributed by atoms with Gasteiger partial charge in [0.15, 0.2) is 11.1 Å². The first kappa shape index (κ1) is 17.2. The van der Waals surface area contributed by atoms with Crippen molar-refractivity contribution in [2.75, 3.05) is 6.54 Å². The second-order valence-corrected chi connectivity index (χ2v) is 7.31. The largest absolute Gasteiger partial charge is 0.406 e. The van der Waals surface area contributed by atoms with E-state index < -0.39 is 40.1 Å². The van der Waals surface area contributed by atoms with Crippen LogP contribution in [0.3, 0.4) is 0 Å². The number of β-amino-alcohol motifs (C(OH)–C–C–N with tert-alkyl or cyclic N) is 1. The number of aliphatic hydroxyl groups excluding tert-OH is 1. The van der Waals surface area contributed by atoms with Crippen LogP contribution in [0.25, 0.3) is 0 Å². The topological polar surface area (TPSA) is 96.5 Å². The first-order valence-electron chi connectivity index (χ1n) is 6.65. The molecule has 0 radical (unpaired) electrons. The van der Waals surface area contributed by atoms with Crippen LogP contribution in [0.2, 0.25) is 0 Å². The molecular weight excluding hydrogens is 327 g/mol. The van der Waals surface area contributed by atoms with E-state index in [4.69, 9.17) is 4.52 Å². The number of sulfonamides is 1. The molecular formula is C11H16F3N3O4S. The van der Waals surface area contributed by atoms with Gasteiger partial charge in [0.25, 0.3) is 0 Å². The Bertz CT molecular complexity index is 631. The number of nitrogens with zero attached hydrogens (tertiary/aromatic N) is 3. The van der Waals surface area contributed by atoms with E-state index in [1.165, 1.54) is 0 Å². The minimum Gasteiger partial charge on any atom is -0.392 e. The summed E-state index contributed by atoms with van der Waals surface area (Å²) in [5, 5.41) is 10.7. The van der Waals surface area contributed by atoms with Crippen molar-refractivity contribution in [1.82, 2.24) is 14.4 Å². The fourth-order valence-electron chi connectivity index (χ4n) is 2.21. The molecule has 0 aliphatic carbocycles. The van der Waals surface area contributed by atoms with Crippen molar-refractivity contribution in [3.05, 3.63) is 11.7 Å². The number of hydrogen-bond donors (Lipinski definition) is 1. The van der Waals surface area contributed by atoms with Crippen LogP contribution >= 0.6 is 0 Å². The molecule has 0 unspecified atom stereocenters. The van der Waals surface area contributed by atoms with Crippen LogP contribution in [0.5, 0.6) is 0 Å². The van der Waals surface area contributed by atoms with Gasteiger partial charge in [-0.1, -0.05) is 12.1 Å². The van der Waals surface area contributed by atoms with Crippen molar-refractivity contribution in [1.29, 1.82) is 0 Å². The molecule has 1 aromatic heterocycles. The van der Waals surface area contributed by atoms with Crippen molar-refractivity contribution in [2.45, 2.75) is 50.3 Å². The lowest BCUT2D eigenvalue weighted by atomic mass is 10.2. The number of aliphatic hydroxyl groups is 1. The number of hydrogen-bond acceptors (Lipinski definition) is 6. The summed E-state index contributed by atoms with van der Waals surface area (Å²) in [5.74, 6) is 0.212. The molecule has 2 rings (SSSR count). The highest BCUT2D eigenvalue weighted by Crippen LogP contribution is 2.38. The summed E-state index contributed by atoms with van der Waals surface area (Å²) >= 11 is 0. The second kappa shape index (κ2) is 5.78. The molecule has 3 atom stereocenters. The van der Waals surface area contributed by atoms with Gasteiger partial charge in [0, 0.05) is 19.4 Å². The Hall–Kier alpha value is -1.20. The highest BCUT2D eigenvalue weighted by Gasteiger charge is 2.52. The molecule has 7 nitrogen and oxygen atoms in total. The van der Waals surface area contributed by atoms with E-state index in [-0.39, 0.29) is 12.3 Å². The van der Waals surface area contributed by atoms with Gasteiger partial charge in [0.05, 0.1) is 6.10 Å². The van der Waals surface area contributed by atoms with Gasteiger partial charge in [0.1, 0.15) is 6.04 Å². The molecule has 1 saturated heterocycles. The van der Waals surface area contributed by atoms with Crippen LogP contribution in [0.1, 0.15) is 38.0 Å². The second-order valence-electron chi connectivity index (χ2n) is 5.11. The molecule has 0 aromatic carbocycles. The van der Waals surface area contributed by atoms with Crippen molar-refractivity contribution < 1.29 is 31.2 Å². The SMILES string of the molecule is CCc1noc([C@H]2C[C@H](O)CN2S(=O)(=O)[C@H](C)C(F)(F)F)n1. The summed E-state index contributed by atoms with van der Waals surface area (Å²) in [6.45, 7) is 1.89. The van der Waals surface area contributed by atoms with Gasteiger partial charge in [-0.2, -0.15) is 22.5 Å². The van der Waals surface area contributed by atoms with E-state index >= 15 is 0 Å². The Morgan fingerprint density at radius 1 is 1.50 bits per heavy atom. The van der Waals surface area contributed by atoms with Gasteiger partial charge >= 0.3 is 6.18 Å². The summed E-state index contributed by atoms with van der Waals surface area (Å²) in [4.78, 5) is 3.95. The van der Waals surface area contributed by atoms with Crippen molar-refractivity contribution in [3.8, 4) is 0 Å². The third kappa shape index (κ3) is 3.10. The van der Waals surface area contributed by atoms with Gasteiger partial charge < -0.3 is 9.63 Å². The monoisotopic (exact) mass is 343 g/mol. The quantitative estimate of drug-likeness (QED) is 0.877. The average molecular weight is 343 g/mol. The van der Waals surface area contributed by atoms with Gasteiger partial charge in [-0.05, 0) is 6.92 Å². The molecule has 1 aliphatic heterocycles. The molecule has 0 spiro atoms. The molecule has 0 saturated carbocycles. The van der Waals surface area contributed by atoms with Crippen LogP contribution in [0.15, 0.2) is 4.52 Å².